The summed E-state index contributed by atoms with van der Waals surface area (Å²) in [7, 11) is 0. The zero-order valence-corrected chi connectivity index (χ0v) is 11.7. The minimum Gasteiger partial charge on any atom is -0.478 e. The van der Waals surface area contributed by atoms with Crippen LogP contribution in [-0.4, -0.2) is 22.6 Å². The van der Waals surface area contributed by atoms with E-state index < -0.39 is 0 Å². The highest BCUT2D eigenvalue weighted by Gasteiger charge is 2.28. The molecular weight excluding hydrogens is 238 g/mol. The average molecular weight is 261 g/mol. The number of anilines is 1. The molecule has 1 N–H and O–H groups in total. The normalized spacial score (nSPS) is 20.3. The van der Waals surface area contributed by atoms with Gasteiger partial charge in [-0.3, -0.25) is 0 Å². The number of nitrogens with one attached hydrogen (secondary N) is 1. The van der Waals surface area contributed by atoms with Crippen molar-refractivity contribution in [3.05, 3.63) is 11.9 Å². The third-order valence-corrected chi connectivity index (χ3v) is 3.91. The lowest BCUT2D eigenvalue weighted by Gasteiger charge is -2.23. The molecule has 2 aliphatic rings. The summed E-state index contributed by atoms with van der Waals surface area (Å²) in [5.74, 6) is 3.20. The van der Waals surface area contributed by atoms with Gasteiger partial charge in [0.25, 0.3) is 0 Å². The Balaban J connectivity index is 1.74. The third kappa shape index (κ3) is 3.37. The van der Waals surface area contributed by atoms with Crippen LogP contribution in [0.15, 0.2) is 6.07 Å². The Bertz CT molecular complexity index is 425. The molecule has 19 heavy (non-hydrogen) atoms. The minimum absolute atomic E-state index is 0.562. The van der Waals surface area contributed by atoms with E-state index in [4.69, 9.17) is 4.74 Å². The Kier molecular flexibility index (Phi) is 3.85. The van der Waals surface area contributed by atoms with Gasteiger partial charge in [0.05, 0.1) is 6.61 Å². The molecule has 0 aliphatic heterocycles. The van der Waals surface area contributed by atoms with E-state index in [0.717, 1.165) is 17.5 Å². The lowest BCUT2D eigenvalue weighted by atomic mass is 9.95. The number of ether oxygens (including phenoxy) is 1. The van der Waals surface area contributed by atoms with Crippen LogP contribution in [0.4, 0.5) is 5.82 Å². The Hall–Kier alpha value is -1.32. The Labute approximate surface area is 115 Å². The highest BCUT2D eigenvalue weighted by molar-refractivity contribution is 5.40. The fourth-order valence-electron chi connectivity index (χ4n) is 2.72. The second-order valence-electron chi connectivity index (χ2n) is 5.64. The van der Waals surface area contributed by atoms with Crippen molar-refractivity contribution in [3.8, 4) is 5.88 Å². The molecule has 0 saturated heterocycles. The van der Waals surface area contributed by atoms with Crippen LogP contribution in [0.5, 0.6) is 5.88 Å². The number of nitrogens with zero attached hydrogens (tertiary/aromatic N) is 2. The molecular formula is C15H23N3O. The van der Waals surface area contributed by atoms with Crippen LogP contribution in [0.3, 0.4) is 0 Å². The molecule has 1 heterocycles. The summed E-state index contributed by atoms with van der Waals surface area (Å²) >= 11 is 0. The third-order valence-electron chi connectivity index (χ3n) is 3.91. The van der Waals surface area contributed by atoms with Crippen LogP contribution in [0.25, 0.3) is 0 Å². The molecule has 2 saturated carbocycles. The molecule has 0 aromatic carbocycles. The van der Waals surface area contributed by atoms with Gasteiger partial charge in [0, 0.05) is 18.0 Å². The van der Waals surface area contributed by atoms with Crippen LogP contribution in [-0.2, 0) is 0 Å². The SMILES string of the molecule is CCOc1cc(NC2CCCCC2)nc(C2CC2)n1. The zero-order chi connectivity index (χ0) is 13.1. The maximum atomic E-state index is 5.56. The van der Waals surface area contributed by atoms with E-state index in [1.807, 2.05) is 13.0 Å². The molecule has 4 nitrogen and oxygen atoms in total. The smallest absolute Gasteiger partial charge is 0.218 e. The molecule has 0 amide bonds. The predicted octanol–water partition coefficient (Wildman–Crippen LogP) is 3.50. The summed E-state index contributed by atoms with van der Waals surface area (Å²) in [6.45, 7) is 2.65. The van der Waals surface area contributed by atoms with E-state index in [9.17, 15) is 0 Å². The summed E-state index contributed by atoms with van der Waals surface area (Å²) in [6, 6.07) is 2.52. The van der Waals surface area contributed by atoms with Gasteiger partial charge in [0.1, 0.15) is 11.6 Å². The van der Waals surface area contributed by atoms with Gasteiger partial charge in [-0.05, 0) is 32.6 Å². The van der Waals surface area contributed by atoms with E-state index in [1.165, 1.54) is 44.9 Å². The number of hydrogen-bond acceptors (Lipinski definition) is 4. The number of aromatic nitrogens is 2. The van der Waals surface area contributed by atoms with Gasteiger partial charge in [0.2, 0.25) is 5.88 Å². The molecule has 1 aromatic rings. The van der Waals surface area contributed by atoms with Gasteiger partial charge in [-0.1, -0.05) is 19.3 Å². The molecule has 2 fully saturated rings. The second-order valence-corrected chi connectivity index (χ2v) is 5.64. The van der Waals surface area contributed by atoms with Crippen LogP contribution in [0.1, 0.15) is 63.6 Å². The highest BCUT2D eigenvalue weighted by Crippen LogP contribution is 2.39. The topological polar surface area (TPSA) is 47.0 Å². The highest BCUT2D eigenvalue weighted by atomic mass is 16.5. The van der Waals surface area contributed by atoms with Crippen molar-refractivity contribution in [1.82, 2.24) is 9.97 Å². The lowest BCUT2D eigenvalue weighted by Crippen LogP contribution is -2.23. The summed E-state index contributed by atoms with van der Waals surface area (Å²) in [5.41, 5.74) is 0. The maximum Gasteiger partial charge on any atom is 0.218 e. The summed E-state index contributed by atoms with van der Waals surface area (Å²) in [6.07, 6.45) is 8.99. The molecule has 3 rings (SSSR count). The predicted molar refractivity (Wildman–Crippen MR) is 75.7 cm³/mol. The van der Waals surface area contributed by atoms with Gasteiger partial charge < -0.3 is 10.1 Å². The maximum absolute atomic E-state index is 5.56. The Morgan fingerprint density at radius 2 is 1.95 bits per heavy atom. The summed E-state index contributed by atoms with van der Waals surface area (Å²) < 4.78 is 5.56. The van der Waals surface area contributed by atoms with E-state index in [-0.39, 0.29) is 0 Å². The molecule has 2 aliphatic carbocycles. The van der Waals surface area contributed by atoms with Crippen molar-refractivity contribution >= 4 is 5.82 Å². The Morgan fingerprint density at radius 3 is 2.63 bits per heavy atom. The molecule has 0 atom stereocenters. The van der Waals surface area contributed by atoms with Gasteiger partial charge >= 0.3 is 0 Å². The van der Waals surface area contributed by atoms with E-state index in [0.29, 0.717) is 18.6 Å². The average Bonchev–Trinajstić information content (AvgIpc) is 3.24. The van der Waals surface area contributed by atoms with Crippen molar-refractivity contribution in [2.75, 3.05) is 11.9 Å². The number of rotatable bonds is 5. The first-order chi connectivity index (χ1) is 9.35. The summed E-state index contributed by atoms with van der Waals surface area (Å²) in [5, 5.41) is 3.57. The lowest BCUT2D eigenvalue weighted by molar-refractivity contribution is 0.325. The van der Waals surface area contributed by atoms with Gasteiger partial charge in [-0.25, -0.2) is 4.98 Å². The molecule has 0 unspecified atom stereocenters. The monoisotopic (exact) mass is 261 g/mol. The van der Waals surface area contributed by atoms with Crippen molar-refractivity contribution in [2.24, 2.45) is 0 Å². The van der Waals surface area contributed by atoms with E-state index in [1.54, 1.807) is 0 Å². The summed E-state index contributed by atoms with van der Waals surface area (Å²) in [4.78, 5) is 9.17. The van der Waals surface area contributed by atoms with Crippen LogP contribution in [0.2, 0.25) is 0 Å². The fraction of sp³-hybridized carbons (Fsp3) is 0.733. The first-order valence-electron chi connectivity index (χ1n) is 7.63. The van der Waals surface area contributed by atoms with Crippen molar-refractivity contribution in [1.29, 1.82) is 0 Å². The molecule has 0 bridgehead atoms. The van der Waals surface area contributed by atoms with Crippen LogP contribution >= 0.6 is 0 Å². The van der Waals surface area contributed by atoms with Crippen molar-refractivity contribution in [2.45, 2.75) is 63.8 Å². The van der Waals surface area contributed by atoms with Crippen molar-refractivity contribution in [3.63, 3.8) is 0 Å². The molecule has 4 heteroatoms. The first kappa shape index (κ1) is 12.7. The largest absolute Gasteiger partial charge is 0.478 e. The molecule has 0 spiro atoms. The molecule has 1 aromatic heterocycles. The van der Waals surface area contributed by atoms with Gasteiger partial charge in [0.15, 0.2) is 0 Å². The van der Waals surface area contributed by atoms with Gasteiger partial charge in [-0.2, -0.15) is 4.98 Å². The van der Waals surface area contributed by atoms with Crippen LogP contribution < -0.4 is 10.1 Å². The number of hydrogen-bond donors (Lipinski definition) is 1. The standard InChI is InChI=1S/C15H23N3O/c1-2-19-14-10-13(16-12-6-4-3-5-7-12)17-15(18-14)11-8-9-11/h10-12H,2-9H2,1H3,(H,16,17,18). The fourth-order valence-corrected chi connectivity index (χ4v) is 2.72. The zero-order valence-electron chi connectivity index (χ0n) is 11.7. The molecule has 0 radical (unpaired) electrons. The quantitative estimate of drug-likeness (QED) is 0.881. The second kappa shape index (κ2) is 5.76. The van der Waals surface area contributed by atoms with E-state index in [2.05, 4.69) is 15.3 Å². The van der Waals surface area contributed by atoms with Gasteiger partial charge in [-0.15, -0.1) is 0 Å². The van der Waals surface area contributed by atoms with Crippen LogP contribution in [0, 0.1) is 0 Å². The molecule has 104 valence electrons. The minimum atomic E-state index is 0.562. The van der Waals surface area contributed by atoms with Crippen molar-refractivity contribution < 1.29 is 4.74 Å². The van der Waals surface area contributed by atoms with E-state index >= 15 is 0 Å². The Morgan fingerprint density at radius 1 is 1.16 bits per heavy atom. The first-order valence-corrected chi connectivity index (χ1v) is 7.63.